The van der Waals surface area contributed by atoms with Crippen LogP contribution in [0.1, 0.15) is 0 Å². The van der Waals surface area contributed by atoms with Crippen LogP contribution in [0.15, 0.2) is 36.4 Å². The lowest BCUT2D eigenvalue weighted by Crippen LogP contribution is -1.98. The van der Waals surface area contributed by atoms with Crippen LogP contribution in [-0.2, 0) is 0 Å². The van der Waals surface area contributed by atoms with Crippen LogP contribution >= 0.6 is 0 Å². The number of pyridine rings is 2. The Morgan fingerprint density at radius 3 is 1.50 bits per heavy atom. The Hall–Kier alpha value is -2.10. The topological polar surface area (TPSA) is 71.9 Å². The fraction of sp³-hybridized carbons (Fsp3) is 0. The monoisotopic (exact) mass is 186 g/mol. The van der Waals surface area contributed by atoms with Crippen LogP contribution in [0.4, 0.5) is 0 Å². The lowest BCUT2D eigenvalue weighted by Gasteiger charge is -2.08. The number of aromatic nitrogens is 2. The number of hydrogen-bond donors (Lipinski definition) is 0. The molecule has 0 aromatic carbocycles. The highest BCUT2D eigenvalue weighted by molar-refractivity contribution is 5.54. The van der Waals surface area contributed by atoms with E-state index in [2.05, 4.69) is 9.97 Å². The molecule has 0 atom stereocenters. The van der Waals surface area contributed by atoms with E-state index in [1.807, 2.05) is 0 Å². The van der Waals surface area contributed by atoms with Crippen LogP contribution in [0.25, 0.3) is 11.4 Å². The van der Waals surface area contributed by atoms with E-state index in [1.54, 1.807) is 24.3 Å². The molecule has 2 aromatic rings. The molecule has 0 fully saturated rings. The van der Waals surface area contributed by atoms with Crippen LogP contribution in [0.5, 0.6) is 11.8 Å². The molecule has 2 aromatic heterocycles. The zero-order valence-corrected chi connectivity index (χ0v) is 7.18. The van der Waals surface area contributed by atoms with Crippen LogP contribution in [0.3, 0.4) is 0 Å². The fourth-order valence-electron chi connectivity index (χ4n) is 1.11. The summed E-state index contributed by atoms with van der Waals surface area (Å²) in [7, 11) is 0. The number of hydrogen-bond acceptors (Lipinski definition) is 4. The van der Waals surface area contributed by atoms with Gasteiger partial charge in [-0.25, -0.2) is 0 Å². The van der Waals surface area contributed by atoms with E-state index in [1.165, 1.54) is 12.1 Å². The molecular formula is C10H6N2O2-2. The van der Waals surface area contributed by atoms with Gasteiger partial charge in [-0.1, -0.05) is 24.3 Å². The first kappa shape index (κ1) is 8.50. The molecule has 2 rings (SSSR count). The summed E-state index contributed by atoms with van der Waals surface area (Å²) >= 11 is 0. The number of rotatable bonds is 1. The van der Waals surface area contributed by atoms with Crippen molar-refractivity contribution in [3.63, 3.8) is 0 Å². The SMILES string of the molecule is [O-]c1cccc(-c2cccc([O-])n2)n1. The molecule has 0 unspecified atom stereocenters. The summed E-state index contributed by atoms with van der Waals surface area (Å²) in [5.74, 6) is -0.666. The van der Waals surface area contributed by atoms with Gasteiger partial charge in [0, 0.05) is 0 Å². The van der Waals surface area contributed by atoms with Gasteiger partial charge in [0.1, 0.15) is 0 Å². The van der Waals surface area contributed by atoms with E-state index < -0.39 is 0 Å². The van der Waals surface area contributed by atoms with Gasteiger partial charge >= 0.3 is 0 Å². The van der Waals surface area contributed by atoms with E-state index in [4.69, 9.17) is 0 Å². The van der Waals surface area contributed by atoms with Crippen molar-refractivity contribution in [3.8, 4) is 23.1 Å². The summed E-state index contributed by atoms with van der Waals surface area (Å²) in [6, 6.07) is 9.16. The van der Waals surface area contributed by atoms with Gasteiger partial charge in [-0.3, -0.25) is 9.97 Å². The second-order valence-electron chi connectivity index (χ2n) is 2.72. The van der Waals surface area contributed by atoms with E-state index >= 15 is 0 Å². The summed E-state index contributed by atoms with van der Waals surface area (Å²) in [5.41, 5.74) is 0.852. The normalized spacial score (nSPS) is 10.0. The molecule has 2 heterocycles. The van der Waals surface area contributed by atoms with Crippen molar-refractivity contribution >= 4 is 0 Å². The average molecular weight is 186 g/mol. The van der Waals surface area contributed by atoms with Gasteiger partial charge in [0.05, 0.1) is 11.4 Å². The fourth-order valence-corrected chi connectivity index (χ4v) is 1.11. The highest BCUT2D eigenvalue weighted by atomic mass is 16.3. The first-order valence-corrected chi connectivity index (χ1v) is 4.04. The molecular weight excluding hydrogens is 180 g/mol. The summed E-state index contributed by atoms with van der Waals surface area (Å²) < 4.78 is 0. The maximum Gasteiger partial charge on any atom is 0.0878 e. The Balaban J connectivity index is 2.49. The smallest absolute Gasteiger partial charge is 0.0878 e. The predicted octanol–water partition coefficient (Wildman–Crippen LogP) is 0.291. The van der Waals surface area contributed by atoms with E-state index in [0.717, 1.165) is 0 Å². The van der Waals surface area contributed by atoms with E-state index in [-0.39, 0.29) is 11.8 Å². The third-order valence-corrected chi connectivity index (χ3v) is 1.71. The minimum absolute atomic E-state index is 0.333. The van der Waals surface area contributed by atoms with Crippen molar-refractivity contribution in [2.24, 2.45) is 0 Å². The second-order valence-corrected chi connectivity index (χ2v) is 2.72. The van der Waals surface area contributed by atoms with Crippen molar-refractivity contribution in [2.45, 2.75) is 0 Å². The van der Waals surface area contributed by atoms with Gasteiger partial charge in [-0.15, -0.1) is 0 Å². The standard InChI is InChI=1S/C10H8N2O2/c13-9-5-1-3-7(11-9)8-4-2-6-10(14)12-8/h1-6H,(H,11,13)(H,12,14)/p-2. The largest absolute Gasteiger partial charge is 0.859 e. The summed E-state index contributed by atoms with van der Waals surface area (Å²) in [5, 5.41) is 21.9. The van der Waals surface area contributed by atoms with Crippen molar-refractivity contribution in [1.29, 1.82) is 0 Å². The van der Waals surface area contributed by atoms with Crippen molar-refractivity contribution < 1.29 is 10.2 Å². The molecule has 0 spiro atoms. The quantitative estimate of drug-likeness (QED) is 0.641. The minimum atomic E-state index is -0.333. The minimum Gasteiger partial charge on any atom is -0.859 e. The Kier molecular flexibility index (Phi) is 2.02. The molecule has 4 nitrogen and oxygen atoms in total. The molecule has 0 aliphatic heterocycles. The first-order valence-electron chi connectivity index (χ1n) is 4.04. The summed E-state index contributed by atoms with van der Waals surface area (Å²) in [6.45, 7) is 0. The van der Waals surface area contributed by atoms with Crippen LogP contribution in [0.2, 0.25) is 0 Å². The Morgan fingerprint density at radius 1 is 0.714 bits per heavy atom. The third-order valence-electron chi connectivity index (χ3n) is 1.71. The zero-order chi connectivity index (χ0) is 9.97. The summed E-state index contributed by atoms with van der Waals surface area (Å²) in [4.78, 5) is 7.46. The van der Waals surface area contributed by atoms with Gasteiger partial charge in [0.25, 0.3) is 0 Å². The van der Waals surface area contributed by atoms with Crippen LogP contribution in [-0.4, -0.2) is 9.97 Å². The Labute approximate surface area is 80.5 Å². The molecule has 0 N–H and O–H groups in total. The lowest BCUT2D eigenvalue weighted by molar-refractivity contribution is -0.275. The highest BCUT2D eigenvalue weighted by Crippen LogP contribution is 2.16. The van der Waals surface area contributed by atoms with Crippen molar-refractivity contribution in [3.05, 3.63) is 36.4 Å². The van der Waals surface area contributed by atoms with Crippen LogP contribution < -0.4 is 10.2 Å². The second kappa shape index (κ2) is 3.33. The molecule has 0 saturated heterocycles. The molecule has 4 heteroatoms. The molecule has 0 bridgehead atoms. The van der Waals surface area contributed by atoms with Gasteiger partial charge < -0.3 is 10.2 Å². The zero-order valence-electron chi connectivity index (χ0n) is 7.18. The average Bonchev–Trinajstić information content (AvgIpc) is 2.18. The molecule has 70 valence electrons. The molecule has 0 aliphatic rings. The molecule has 0 saturated carbocycles. The highest BCUT2D eigenvalue weighted by Gasteiger charge is 1.97. The van der Waals surface area contributed by atoms with Gasteiger partial charge in [0.2, 0.25) is 0 Å². The lowest BCUT2D eigenvalue weighted by atomic mass is 10.2. The van der Waals surface area contributed by atoms with E-state index in [9.17, 15) is 10.2 Å². The molecule has 0 amide bonds. The molecule has 14 heavy (non-hydrogen) atoms. The maximum atomic E-state index is 10.9. The van der Waals surface area contributed by atoms with E-state index in [0.29, 0.717) is 11.4 Å². The Morgan fingerprint density at radius 2 is 1.14 bits per heavy atom. The Bertz CT molecular complexity index is 414. The maximum absolute atomic E-state index is 10.9. The predicted molar refractivity (Wildman–Crippen MR) is 46.4 cm³/mol. The molecule has 0 radical (unpaired) electrons. The summed E-state index contributed by atoms with van der Waals surface area (Å²) in [6.07, 6.45) is 0. The van der Waals surface area contributed by atoms with Gasteiger partial charge in [-0.2, -0.15) is 0 Å². The van der Waals surface area contributed by atoms with Gasteiger partial charge in [0.15, 0.2) is 0 Å². The van der Waals surface area contributed by atoms with Gasteiger partial charge in [-0.05, 0) is 23.9 Å². The third kappa shape index (κ3) is 1.64. The van der Waals surface area contributed by atoms with Crippen LogP contribution in [0, 0.1) is 0 Å². The number of nitrogens with zero attached hydrogens (tertiary/aromatic N) is 2. The molecule has 0 aliphatic carbocycles. The first-order chi connectivity index (χ1) is 6.75. The van der Waals surface area contributed by atoms with Crippen molar-refractivity contribution in [1.82, 2.24) is 9.97 Å². The van der Waals surface area contributed by atoms with Crippen molar-refractivity contribution in [2.75, 3.05) is 0 Å².